The van der Waals surface area contributed by atoms with Gasteiger partial charge in [0.15, 0.2) is 0 Å². The first kappa shape index (κ1) is 29.4. The number of aryl methyl sites for hydroxylation is 1. The number of thiophene rings is 2. The van der Waals surface area contributed by atoms with Crippen LogP contribution in [0.5, 0.6) is 0 Å². The Morgan fingerprint density at radius 2 is 1.44 bits per heavy atom. The maximum absolute atomic E-state index is 10.8. The van der Waals surface area contributed by atoms with Gasteiger partial charge in [-0.15, -0.1) is 22.7 Å². The van der Waals surface area contributed by atoms with Crippen LogP contribution in [0.15, 0.2) is 104 Å². The Bertz CT molecular complexity index is 1990. The van der Waals surface area contributed by atoms with Crippen LogP contribution in [-0.2, 0) is 4.65 Å². The van der Waals surface area contributed by atoms with Gasteiger partial charge in [-0.1, -0.05) is 79.4 Å². The fourth-order valence-electron chi connectivity index (χ4n) is 5.41. The largest absolute Gasteiger partial charge is 0.427 e. The summed E-state index contributed by atoms with van der Waals surface area (Å²) in [6, 6.07) is 30.3. The first-order chi connectivity index (χ1) is 20.6. The number of rotatable bonds is 9. The topological polar surface area (TPSA) is 32.7 Å². The van der Waals surface area contributed by atoms with Gasteiger partial charge < -0.3 is 14.7 Å². The first-order valence-corrected chi connectivity index (χ1v) is 16.2. The summed E-state index contributed by atoms with van der Waals surface area (Å²) in [5.41, 5.74) is 3.80. The lowest BCUT2D eigenvalue weighted by Gasteiger charge is -2.38. The van der Waals surface area contributed by atoms with E-state index in [2.05, 4.69) is 109 Å². The highest BCUT2D eigenvalue weighted by atomic mass is 32.1. The molecule has 1 N–H and O–H groups in total. The van der Waals surface area contributed by atoms with E-state index in [0.717, 1.165) is 22.5 Å². The zero-order valence-electron chi connectivity index (χ0n) is 25.3. The van der Waals surface area contributed by atoms with Crippen LogP contribution in [0.3, 0.4) is 0 Å². The Kier molecular flexibility index (Phi) is 7.82. The van der Waals surface area contributed by atoms with E-state index in [-0.39, 0.29) is 0 Å². The van der Waals surface area contributed by atoms with Gasteiger partial charge in [-0.25, -0.2) is 0 Å². The van der Waals surface area contributed by atoms with E-state index in [0.29, 0.717) is 7.48 Å². The average Bonchev–Trinajstić information content (AvgIpc) is 3.52. The number of hydrogen-bond acceptors (Lipinski definition) is 5. The number of allylic oxidation sites excluding steroid dienone is 2. The smallest absolute Gasteiger partial charge is 0.311 e. The standard InChI is InChI=1S/C37H36BNO2S2/c1-7-8-15-25-24(2)42-33-23-14-20-30(34(25)33)39(29-19-11-10-18-28(29)38-41-37(5,6)36(3,4)40)31-21-13-17-27-26-16-9-12-22-32(26)43-35(27)31/h7-23,38,40H,1H2,2-6H3/b15-8-. The van der Waals surface area contributed by atoms with Gasteiger partial charge in [0.2, 0.25) is 0 Å². The molecule has 6 heteroatoms. The van der Waals surface area contributed by atoms with E-state index in [4.69, 9.17) is 4.65 Å². The van der Waals surface area contributed by atoms with Crippen molar-refractivity contribution in [2.45, 2.75) is 45.8 Å². The van der Waals surface area contributed by atoms with Crippen LogP contribution < -0.4 is 10.4 Å². The molecule has 2 aromatic heterocycles. The second kappa shape index (κ2) is 11.4. The van der Waals surface area contributed by atoms with Crippen LogP contribution in [0.1, 0.15) is 38.1 Å². The van der Waals surface area contributed by atoms with Gasteiger partial charge in [-0.05, 0) is 76.0 Å². The number of fused-ring (bicyclic) bond motifs is 4. The summed E-state index contributed by atoms with van der Waals surface area (Å²) >= 11 is 3.65. The van der Waals surface area contributed by atoms with Crippen molar-refractivity contribution in [3.8, 4) is 0 Å². The third-order valence-electron chi connectivity index (χ3n) is 8.47. The highest BCUT2D eigenvalue weighted by Gasteiger charge is 2.36. The Morgan fingerprint density at radius 1 is 0.791 bits per heavy atom. The molecule has 0 aliphatic carbocycles. The molecule has 0 saturated carbocycles. The van der Waals surface area contributed by atoms with Crippen molar-refractivity contribution in [2.75, 3.05) is 4.90 Å². The third kappa shape index (κ3) is 5.34. The molecule has 4 aromatic carbocycles. The highest BCUT2D eigenvalue weighted by Crippen LogP contribution is 2.48. The molecule has 0 aliphatic rings. The summed E-state index contributed by atoms with van der Waals surface area (Å²) < 4.78 is 10.2. The Hall–Kier alpha value is -3.68. The van der Waals surface area contributed by atoms with Crippen molar-refractivity contribution >= 4 is 89.0 Å². The second-order valence-electron chi connectivity index (χ2n) is 11.9. The van der Waals surface area contributed by atoms with Crippen LogP contribution in [0.25, 0.3) is 36.3 Å². The number of benzene rings is 4. The van der Waals surface area contributed by atoms with E-state index in [1.807, 2.05) is 48.7 Å². The van der Waals surface area contributed by atoms with Crippen molar-refractivity contribution in [3.05, 3.63) is 114 Å². The summed E-state index contributed by atoms with van der Waals surface area (Å²) in [7, 11) is 0.355. The molecule has 43 heavy (non-hydrogen) atoms. The average molecular weight is 602 g/mol. The molecule has 0 amide bonds. The monoisotopic (exact) mass is 601 g/mol. The predicted octanol–water partition coefficient (Wildman–Crippen LogP) is 9.79. The van der Waals surface area contributed by atoms with Crippen molar-refractivity contribution in [1.82, 2.24) is 0 Å². The summed E-state index contributed by atoms with van der Waals surface area (Å²) in [6.07, 6.45) is 6.02. The molecule has 0 radical (unpaired) electrons. The second-order valence-corrected chi connectivity index (χ2v) is 14.2. The van der Waals surface area contributed by atoms with E-state index >= 15 is 0 Å². The molecule has 2 heterocycles. The quantitative estimate of drug-likeness (QED) is 0.132. The first-order valence-electron chi connectivity index (χ1n) is 14.6. The van der Waals surface area contributed by atoms with Gasteiger partial charge >= 0.3 is 7.48 Å². The summed E-state index contributed by atoms with van der Waals surface area (Å²) in [4.78, 5) is 3.68. The van der Waals surface area contributed by atoms with Crippen LogP contribution in [0.2, 0.25) is 0 Å². The summed E-state index contributed by atoms with van der Waals surface area (Å²) in [5.74, 6) is 0. The maximum Gasteiger partial charge on any atom is 0.311 e. The minimum Gasteiger partial charge on any atom is -0.427 e. The molecular weight excluding hydrogens is 565 g/mol. The van der Waals surface area contributed by atoms with Gasteiger partial charge in [-0.3, -0.25) is 0 Å². The zero-order chi connectivity index (χ0) is 30.4. The summed E-state index contributed by atoms with van der Waals surface area (Å²) in [6.45, 7) is 13.6. The van der Waals surface area contributed by atoms with Crippen molar-refractivity contribution < 1.29 is 9.76 Å². The highest BCUT2D eigenvalue weighted by molar-refractivity contribution is 7.26. The number of anilines is 3. The van der Waals surface area contributed by atoms with E-state index in [1.54, 1.807) is 13.8 Å². The molecule has 0 spiro atoms. The minimum atomic E-state index is -1.00. The van der Waals surface area contributed by atoms with Crippen molar-refractivity contribution in [2.24, 2.45) is 0 Å². The maximum atomic E-state index is 10.8. The molecule has 6 aromatic rings. The Labute approximate surface area is 262 Å². The number of aliphatic hydroxyl groups is 1. The van der Waals surface area contributed by atoms with Crippen molar-refractivity contribution in [3.63, 3.8) is 0 Å². The molecule has 0 fully saturated rings. The molecule has 0 aliphatic heterocycles. The van der Waals surface area contributed by atoms with Gasteiger partial charge in [0.1, 0.15) is 0 Å². The molecular formula is C37H36BNO2S2. The fraction of sp³-hybridized carbons (Fsp3) is 0.189. The van der Waals surface area contributed by atoms with Gasteiger partial charge in [0.05, 0.1) is 27.3 Å². The minimum absolute atomic E-state index is 0.355. The molecule has 216 valence electrons. The molecule has 0 saturated heterocycles. The van der Waals surface area contributed by atoms with E-state index in [1.165, 1.54) is 40.7 Å². The third-order valence-corrected chi connectivity index (χ3v) is 10.8. The summed E-state index contributed by atoms with van der Waals surface area (Å²) in [5, 5.41) is 14.6. The Balaban J connectivity index is 1.64. The van der Waals surface area contributed by atoms with Gasteiger partial charge in [-0.2, -0.15) is 0 Å². The van der Waals surface area contributed by atoms with Crippen LogP contribution in [0.4, 0.5) is 17.1 Å². The fourth-order valence-corrected chi connectivity index (χ4v) is 7.69. The van der Waals surface area contributed by atoms with Gasteiger partial charge in [0, 0.05) is 36.1 Å². The lowest BCUT2D eigenvalue weighted by Crippen LogP contribution is -2.49. The molecule has 0 bridgehead atoms. The number of hydrogen-bond donors (Lipinski definition) is 1. The molecule has 0 atom stereocenters. The zero-order valence-corrected chi connectivity index (χ0v) is 27.0. The number of nitrogens with zero attached hydrogens (tertiary/aromatic N) is 1. The van der Waals surface area contributed by atoms with Crippen LogP contribution >= 0.6 is 22.7 Å². The van der Waals surface area contributed by atoms with E-state index < -0.39 is 11.2 Å². The molecule has 3 nitrogen and oxygen atoms in total. The molecule has 6 rings (SSSR count). The Morgan fingerprint density at radius 3 is 2.23 bits per heavy atom. The molecule has 0 unspecified atom stereocenters. The predicted molar refractivity (Wildman–Crippen MR) is 192 cm³/mol. The van der Waals surface area contributed by atoms with Crippen molar-refractivity contribution in [1.29, 1.82) is 0 Å². The lowest BCUT2D eigenvalue weighted by molar-refractivity contribution is -0.0893. The van der Waals surface area contributed by atoms with Gasteiger partial charge in [0.25, 0.3) is 0 Å². The number of para-hydroxylation sites is 1. The normalized spacial score (nSPS) is 12.5. The SMILES string of the molecule is C=C/C=C\c1c(C)sc2cccc(N(c3ccccc3BOC(C)(C)C(C)(C)O)c3cccc4c3sc3ccccc34)c12. The van der Waals surface area contributed by atoms with E-state index in [9.17, 15) is 5.11 Å². The van der Waals surface area contributed by atoms with Crippen LogP contribution in [-0.4, -0.2) is 23.8 Å². The lowest BCUT2D eigenvalue weighted by atomic mass is 9.81. The van der Waals surface area contributed by atoms with Crippen LogP contribution in [0, 0.1) is 6.92 Å².